The summed E-state index contributed by atoms with van der Waals surface area (Å²) in [4.78, 5) is 16.2. The van der Waals surface area contributed by atoms with Crippen molar-refractivity contribution < 1.29 is 17.6 Å². The van der Waals surface area contributed by atoms with Crippen LogP contribution < -0.4 is 11.3 Å². The van der Waals surface area contributed by atoms with E-state index >= 15 is 0 Å². The number of nitrogens with zero attached hydrogens (tertiary/aromatic N) is 2. The quantitative estimate of drug-likeness (QED) is 0.313. The summed E-state index contributed by atoms with van der Waals surface area (Å²) in [6, 6.07) is 5.91. The van der Waals surface area contributed by atoms with Crippen molar-refractivity contribution in [1.29, 1.82) is 0 Å². The highest BCUT2D eigenvalue weighted by molar-refractivity contribution is 5.79. The van der Waals surface area contributed by atoms with Crippen LogP contribution in [-0.4, -0.2) is 9.55 Å². The Hall–Kier alpha value is -2.90. The first-order valence-electron chi connectivity index (χ1n) is 7.44. The lowest BCUT2D eigenvalue weighted by Gasteiger charge is -2.12. The SMILES string of the molecule is CC.Cc1nc2c(F)c(F)c(F)c(F)c2c(=O)n1-c1ccc(N)cc1. The van der Waals surface area contributed by atoms with Crippen LogP contribution in [-0.2, 0) is 0 Å². The van der Waals surface area contributed by atoms with Gasteiger partial charge in [-0.25, -0.2) is 22.5 Å². The summed E-state index contributed by atoms with van der Waals surface area (Å²) in [5, 5.41) is -0.955. The molecule has 2 N–H and O–H groups in total. The van der Waals surface area contributed by atoms with E-state index in [1.807, 2.05) is 13.8 Å². The molecule has 1 aromatic heterocycles. The maximum absolute atomic E-state index is 13.9. The van der Waals surface area contributed by atoms with Crippen LogP contribution in [0.1, 0.15) is 19.7 Å². The molecule has 0 unspecified atom stereocenters. The Balaban J connectivity index is 0.00000109. The van der Waals surface area contributed by atoms with Gasteiger partial charge in [0, 0.05) is 5.69 Å². The number of hydrogen-bond donors (Lipinski definition) is 1. The van der Waals surface area contributed by atoms with Crippen LogP contribution in [0, 0.1) is 30.2 Å². The van der Waals surface area contributed by atoms with Gasteiger partial charge in [-0.05, 0) is 31.2 Å². The molecule has 0 bridgehead atoms. The molecular formula is C17H15F4N3O. The molecule has 3 aromatic rings. The summed E-state index contributed by atoms with van der Waals surface area (Å²) in [7, 11) is 0. The van der Waals surface area contributed by atoms with Gasteiger partial charge in [0.05, 0.1) is 5.69 Å². The van der Waals surface area contributed by atoms with Crippen LogP contribution in [0.2, 0.25) is 0 Å². The molecule has 0 fully saturated rings. The normalized spacial score (nSPS) is 10.5. The van der Waals surface area contributed by atoms with Crippen LogP contribution in [0.3, 0.4) is 0 Å². The van der Waals surface area contributed by atoms with Crippen LogP contribution in [0.4, 0.5) is 23.2 Å². The van der Waals surface area contributed by atoms with E-state index in [-0.39, 0.29) is 11.5 Å². The predicted octanol–water partition coefficient (Wildman–Crippen LogP) is 3.86. The lowest BCUT2D eigenvalue weighted by molar-refractivity contribution is 0.416. The molecule has 3 rings (SSSR count). The van der Waals surface area contributed by atoms with Gasteiger partial charge in [-0.1, -0.05) is 13.8 Å². The molecule has 1 heterocycles. The molecule has 132 valence electrons. The highest BCUT2D eigenvalue weighted by atomic mass is 19.2. The second kappa shape index (κ2) is 6.92. The van der Waals surface area contributed by atoms with Crippen molar-refractivity contribution in [2.24, 2.45) is 0 Å². The molecule has 2 aromatic carbocycles. The summed E-state index contributed by atoms with van der Waals surface area (Å²) in [5.74, 6) is -7.56. The van der Waals surface area contributed by atoms with Crippen molar-refractivity contribution >= 4 is 16.6 Å². The predicted molar refractivity (Wildman–Crippen MR) is 87.7 cm³/mol. The first-order chi connectivity index (χ1) is 11.8. The van der Waals surface area contributed by atoms with E-state index in [2.05, 4.69) is 4.98 Å². The van der Waals surface area contributed by atoms with Gasteiger partial charge in [0.25, 0.3) is 5.56 Å². The zero-order valence-electron chi connectivity index (χ0n) is 13.7. The van der Waals surface area contributed by atoms with Crippen molar-refractivity contribution in [3.63, 3.8) is 0 Å². The third-order valence-corrected chi connectivity index (χ3v) is 3.41. The molecule has 0 amide bonds. The van der Waals surface area contributed by atoms with Crippen LogP contribution in [0.15, 0.2) is 29.1 Å². The third-order valence-electron chi connectivity index (χ3n) is 3.41. The van der Waals surface area contributed by atoms with E-state index in [0.717, 1.165) is 4.57 Å². The Morgan fingerprint density at radius 3 is 2.00 bits per heavy atom. The smallest absolute Gasteiger partial charge is 0.269 e. The fourth-order valence-electron chi connectivity index (χ4n) is 2.32. The largest absolute Gasteiger partial charge is 0.399 e. The molecule has 0 saturated carbocycles. The first kappa shape index (κ1) is 18.4. The van der Waals surface area contributed by atoms with Gasteiger partial charge in [0.2, 0.25) is 0 Å². The zero-order chi connectivity index (χ0) is 18.9. The summed E-state index contributed by atoms with van der Waals surface area (Å²) in [6.45, 7) is 5.36. The van der Waals surface area contributed by atoms with E-state index < -0.39 is 39.7 Å². The summed E-state index contributed by atoms with van der Waals surface area (Å²) in [5.41, 5.74) is 4.36. The fourth-order valence-corrected chi connectivity index (χ4v) is 2.32. The molecule has 0 aliphatic carbocycles. The average molecular weight is 353 g/mol. The van der Waals surface area contributed by atoms with Gasteiger partial charge < -0.3 is 5.73 Å². The van der Waals surface area contributed by atoms with Gasteiger partial charge in [-0.15, -0.1) is 0 Å². The Bertz CT molecular complexity index is 998. The number of aryl methyl sites for hydroxylation is 1. The van der Waals surface area contributed by atoms with Gasteiger partial charge in [-0.2, -0.15) is 0 Å². The molecule has 8 heteroatoms. The van der Waals surface area contributed by atoms with Gasteiger partial charge in [-0.3, -0.25) is 9.36 Å². The van der Waals surface area contributed by atoms with E-state index in [1.165, 1.54) is 31.2 Å². The maximum Gasteiger partial charge on any atom is 0.269 e. The maximum atomic E-state index is 13.9. The van der Waals surface area contributed by atoms with Gasteiger partial charge in [0.1, 0.15) is 16.7 Å². The van der Waals surface area contributed by atoms with Crippen molar-refractivity contribution in [1.82, 2.24) is 9.55 Å². The second-order valence-corrected chi connectivity index (χ2v) is 4.87. The third kappa shape index (κ3) is 2.95. The fraction of sp³-hybridized carbons (Fsp3) is 0.176. The van der Waals surface area contributed by atoms with Crippen molar-refractivity contribution in [3.8, 4) is 5.69 Å². The molecule has 25 heavy (non-hydrogen) atoms. The van der Waals surface area contributed by atoms with Crippen LogP contribution >= 0.6 is 0 Å². The monoisotopic (exact) mass is 353 g/mol. The molecule has 0 saturated heterocycles. The van der Waals surface area contributed by atoms with Gasteiger partial charge in [0.15, 0.2) is 23.3 Å². The molecular weight excluding hydrogens is 338 g/mol. The summed E-state index contributed by atoms with van der Waals surface area (Å²) >= 11 is 0. The molecule has 0 spiro atoms. The topological polar surface area (TPSA) is 60.9 Å². The van der Waals surface area contributed by atoms with Gasteiger partial charge >= 0.3 is 0 Å². The number of anilines is 1. The number of hydrogen-bond acceptors (Lipinski definition) is 3. The Labute approximate surface area is 140 Å². The lowest BCUT2D eigenvalue weighted by Crippen LogP contribution is -2.24. The van der Waals surface area contributed by atoms with Crippen LogP contribution in [0.5, 0.6) is 0 Å². The number of fused-ring (bicyclic) bond motifs is 1. The number of nitrogen functional groups attached to an aromatic ring is 1. The van der Waals surface area contributed by atoms with Crippen molar-refractivity contribution in [2.45, 2.75) is 20.8 Å². The highest BCUT2D eigenvalue weighted by Crippen LogP contribution is 2.24. The zero-order valence-corrected chi connectivity index (χ0v) is 13.7. The number of aromatic nitrogens is 2. The first-order valence-corrected chi connectivity index (χ1v) is 7.44. The Kier molecular flexibility index (Phi) is 5.10. The van der Waals surface area contributed by atoms with E-state index in [0.29, 0.717) is 5.69 Å². The number of nitrogens with two attached hydrogens (primary N) is 1. The number of benzene rings is 2. The standard InChI is InChI=1S/C15H9F4N3O.C2H6/c1-6-21-14-9(10(16)11(17)12(18)13(14)19)15(23)22(6)8-4-2-7(20)3-5-8;1-2/h2-5H,20H2,1H3;1-2H3. The molecule has 4 nitrogen and oxygen atoms in total. The molecule has 0 radical (unpaired) electrons. The van der Waals surface area contributed by atoms with E-state index in [9.17, 15) is 22.4 Å². The second-order valence-electron chi connectivity index (χ2n) is 4.87. The Morgan fingerprint density at radius 1 is 0.920 bits per heavy atom. The molecule has 0 atom stereocenters. The summed E-state index contributed by atoms with van der Waals surface area (Å²) in [6.07, 6.45) is 0. The highest BCUT2D eigenvalue weighted by Gasteiger charge is 2.25. The minimum absolute atomic E-state index is 0.0171. The number of halogens is 4. The Morgan fingerprint density at radius 2 is 1.44 bits per heavy atom. The van der Waals surface area contributed by atoms with E-state index in [4.69, 9.17) is 5.73 Å². The average Bonchev–Trinajstić information content (AvgIpc) is 2.61. The van der Waals surface area contributed by atoms with Crippen LogP contribution in [0.25, 0.3) is 16.6 Å². The van der Waals surface area contributed by atoms with Crippen molar-refractivity contribution in [2.75, 3.05) is 5.73 Å². The summed E-state index contributed by atoms with van der Waals surface area (Å²) < 4.78 is 55.4. The minimum atomic E-state index is -2.05. The minimum Gasteiger partial charge on any atom is -0.399 e. The number of rotatable bonds is 1. The van der Waals surface area contributed by atoms with Crippen molar-refractivity contribution in [3.05, 3.63) is 63.7 Å². The lowest BCUT2D eigenvalue weighted by atomic mass is 10.2. The molecule has 0 aliphatic heterocycles. The molecule has 0 aliphatic rings. The van der Waals surface area contributed by atoms with E-state index in [1.54, 1.807) is 0 Å².